The van der Waals surface area contributed by atoms with Crippen LogP contribution in [-0.4, -0.2) is 27.2 Å². The molecule has 1 heterocycles. The molecule has 1 atom stereocenters. The summed E-state index contributed by atoms with van der Waals surface area (Å²) in [6, 6.07) is 5.99. The Bertz CT molecular complexity index is 768. The number of amidine groups is 1. The van der Waals surface area contributed by atoms with Crippen LogP contribution in [-0.2, 0) is 11.2 Å². The maximum Gasteiger partial charge on any atom is 0.307 e. The summed E-state index contributed by atoms with van der Waals surface area (Å²) in [5, 5.41) is 10.0. The maximum atomic E-state index is 11.2. The Labute approximate surface area is 150 Å². The molecule has 1 unspecified atom stereocenters. The van der Waals surface area contributed by atoms with Crippen molar-refractivity contribution in [3.05, 3.63) is 23.8 Å². The summed E-state index contributed by atoms with van der Waals surface area (Å²) in [7, 11) is -1.36. The number of hydrogen-bond acceptors (Lipinski definition) is 3. The minimum atomic E-state index is -1.36. The molecule has 0 spiro atoms. The van der Waals surface area contributed by atoms with E-state index in [4.69, 9.17) is 10.7 Å². The fourth-order valence-electron chi connectivity index (χ4n) is 6.57. The SMILES string of the molecule is CS1(C23CC4CC(CC(C4)C2)C3)C(N)=Nc2ccc(CC(=O)O)cc21. The number of benzene rings is 1. The maximum absolute atomic E-state index is 11.2. The monoisotopic (exact) mass is 358 g/mol. The summed E-state index contributed by atoms with van der Waals surface area (Å²) < 4.78 is 0.294. The fourth-order valence-corrected chi connectivity index (χ4v) is 10.6. The Morgan fingerprint density at radius 1 is 1.24 bits per heavy atom. The second-order valence-electron chi connectivity index (χ2n) is 8.84. The third-order valence-corrected chi connectivity index (χ3v) is 11.7. The summed E-state index contributed by atoms with van der Waals surface area (Å²) in [6.45, 7) is 0. The van der Waals surface area contributed by atoms with Gasteiger partial charge in [0.15, 0.2) is 0 Å². The second-order valence-corrected chi connectivity index (χ2v) is 12.4. The normalized spacial score (nSPS) is 43.4. The first-order valence-electron chi connectivity index (χ1n) is 9.36. The number of aliphatic carboxylic acids is 1. The van der Waals surface area contributed by atoms with E-state index < -0.39 is 16.0 Å². The van der Waals surface area contributed by atoms with E-state index in [9.17, 15) is 9.90 Å². The molecule has 4 saturated carbocycles. The first-order valence-corrected chi connectivity index (χ1v) is 11.4. The molecule has 4 fully saturated rings. The van der Waals surface area contributed by atoms with Gasteiger partial charge in [-0.15, -0.1) is 0 Å². The van der Waals surface area contributed by atoms with Crippen molar-refractivity contribution in [3.63, 3.8) is 0 Å². The van der Waals surface area contributed by atoms with Gasteiger partial charge in [-0.05, 0) is 80.2 Å². The van der Waals surface area contributed by atoms with Gasteiger partial charge in [0.1, 0.15) is 5.17 Å². The van der Waals surface area contributed by atoms with Gasteiger partial charge >= 0.3 is 5.97 Å². The molecule has 6 rings (SSSR count). The fraction of sp³-hybridized carbons (Fsp3) is 0.600. The quantitative estimate of drug-likeness (QED) is 0.856. The third kappa shape index (κ3) is 2.08. The first kappa shape index (κ1) is 15.7. The Morgan fingerprint density at radius 2 is 1.84 bits per heavy atom. The molecule has 5 heteroatoms. The zero-order chi connectivity index (χ0) is 17.4. The van der Waals surface area contributed by atoms with Crippen molar-refractivity contribution in [2.75, 3.05) is 6.26 Å². The van der Waals surface area contributed by atoms with Gasteiger partial charge in [-0.2, -0.15) is 10.0 Å². The number of aliphatic imine (C=N–C) groups is 1. The number of fused-ring (bicyclic) bond motifs is 1. The predicted molar refractivity (Wildman–Crippen MR) is 102 cm³/mol. The lowest BCUT2D eigenvalue weighted by Gasteiger charge is -2.64. The minimum absolute atomic E-state index is 0.0730. The van der Waals surface area contributed by atoms with Gasteiger partial charge in [-0.1, -0.05) is 6.07 Å². The lowest BCUT2D eigenvalue weighted by atomic mass is 9.56. The number of nitrogens with two attached hydrogens (primary N) is 1. The zero-order valence-corrected chi connectivity index (χ0v) is 15.5. The number of carbonyl (C=O) groups is 1. The van der Waals surface area contributed by atoms with Gasteiger partial charge in [-0.25, -0.2) is 4.99 Å². The van der Waals surface area contributed by atoms with Gasteiger partial charge in [0.2, 0.25) is 0 Å². The molecular formula is C20H26N2O2S. The number of nitrogens with zero attached hydrogens (tertiary/aromatic N) is 1. The molecule has 0 radical (unpaired) electrons. The second kappa shape index (κ2) is 5.03. The van der Waals surface area contributed by atoms with E-state index in [1.807, 2.05) is 12.1 Å². The van der Waals surface area contributed by atoms with E-state index in [2.05, 4.69) is 12.3 Å². The van der Waals surface area contributed by atoms with Crippen molar-refractivity contribution in [1.29, 1.82) is 0 Å². The Morgan fingerprint density at radius 3 is 2.40 bits per heavy atom. The standard InChI is InChI=1S/C20H26N2O2S/c1-25(20-9-13-4-14(10-20)6-15(5-13)11-20)17-7-12(8-18(23)24)2-3-16(17)22-19(25)21/h2-3,7,13-15H,4-6,8-11H2,1H3,(H2,21,22)(H,23,24). The highest BCUT2D eigenvalue weighted by molar-refractivity contribution is 8.46. The smallest absolute Gasteiger partial charge is 0.307 e. The number of rotatable bonds is 3. The van der Waals surface area contributed by atoms with Crippen LogP contribution >= 0.6 is 10.0 Å². The lowest BCUT2D eigenvalue weighted by Crippen LogP contribution is -2.54. The van der Waals surface area contributed by atoms with Crippen molar-refractivity contribution in [2.45, 2.75) is 54.6 Å². The average Bonchev–Trinajstić information content (AvgIpc) is 2.78. The number of hydrogen-bond donors (Lipinski definition) is 2. The molecule has 25 heavy (non-hydrogen) atoms. The van der Waals surface area contributed by atoms with Crippen LogP contribution in [0.25, 0.3) is 0 Å². The first-order chi connectivity index (χ1) is 11.9. The van der Waals surface area contributed by atoms with Crippen LogP contribution in [0, 0.1) is 17.8 Å². The van der Waals surface area contributed by atoms with E-state index in [1.54, 1.807) is 0 Å². The van der Waals surface area contributed by atoms with Crippen molar-refractivity contribution < 1.29 is 9.90 Å². The summed E-state index contributed by atoms with van der Waals surface area (Å²) >= 11 is 0. The summed E-state index contributed by atoms with van der Waals surface area (Å²) in [5.41, 5.74) is 8.47. The minimum Gasteiger partial charge on any atom is -0.481 e. The van der Waals surface area contributed by atoms with E-state index in [-0.39, 0.29) is 6.42 Å². The van der Waals surface area contributed by atoms with E-state index >= 15 is 0 Å². The van der Waals surface area contributed by atoms with Crippen LogP contribution in [0.15, 0.2) is 28.1 Å². The highest BCUT2D eigenvalue weighted by Crippen LogP contribution is 2.77. The molecule has 134 valence electrons. The molecule has 4 nitrogen and oxygen atoms in total. The van der Waals surface area contributed by atoms with Crippen LogP contribution in [0.4, 0.5) is 5.69 Å². The summed E-state index contributed by atoms with van der Waals surface area (Å²) in [5.74, 6) is 1.83. The molecule has 0 aromatic heterocycles. The van der Waals surface area contributed by atoms with Gasteiger partial charge in [0, 0.05) is 9.64 Å². The molecule has 4 bridgehead atoms. The topological polar surface area (TPSA) is 75.7 Å². The predicted octanol–water partition coefficient (Wildman–Crippen LogP) is 4.04. The Balaban J connectivity index is 1.62. The average molecular weight is 359 g/mol. The number of carboxylic acid groups (broad SMARTS) is 1. The summed E-state index contributed by atoms with van der Waals surface area (Å²) in [6.07, 6.45) is 10.6. The number of carboxylic acids is 1. The van der Waals surface area contributed by atoms with Crippen molar-refractivity contribution >= 4 is 26.9 Å². The summed E-state index contributed by atoms with van der Waals surface area (Å²) in [4.78, 5) is 17.2. The van der Waals surface area contributed by atoms with E-state index in [0.29, 0.717) is 4.75 Å². The van der Waals surface area contributed by atoms with Crippen LogP contribution < -0.4 is 5.73 Å². The van der Waals surface area contributed by atoms with Crippen LogP contribution in [0.3, 0.4) is 0 Å². The molecule has 4 aliphatic carbocycles. The molecule has 0 saturated heterocycles. The zero-order valence-electron chi connectivity index (χ0n) is 14.7. The van der Waals surface area contributed by atoms with Gasteiger partial charge in [0.25, 0.3) is 0 Å². The molecule has 1 aliphatic heterocycles. The Kier molecular flexibility index (Phi) is 3.17. The largest absolute Gasteiger partial charge is 0.481 e. The molecule has 3 N–H and O–H groups in total. The lowest BCUT2D eigenvalue weighted by molar-refractivity contribution is -0.136. The highest BCUT2D eigenvalue weighted by Gasteiger charge is 2.59. The van der Waals surface area contributed by atoms with Gasteiger partial charge in [0.05, 0.1) is 12.1 Å². The highest BCUT2D eigenvalue weighted by atomic mass is 32.3. The van der Waals surface area contributed by atoms with Crippen molar-refractivity contribution in [3.8, 4) is 0 Å². The molecule has 5 aliphatic rings. The molecule has 1 aromatic rings. The Hall–Kier alpha value is -1.49. The van der Waals surface area contributed by atoms with Crippen molar-refractivity contribution in [2.24, 2.45) is 28.5 Å². The van der Waals surface area contributed by atoms with E-state index in [0.717, 1.165) is 34.2 Å². The molecule has 0 amide bonds. The van der Waals surface area contributed by atoms with Gasteiger partial charge in [-0.3, -0.25) is 4.79 Å². The van der Waals surface area contributed by atoms with Crippen LogP contribution in [0.1, 0.15) is 44.1 Å². The van der Waals surface area contributed by atoms with E-state index in [1.165, 1.54) is 43.4 Å². The van der Waals surface area contributed by atoms with Crippen LogP contribution in [0.5, 0.6) is 0 Å². The van der Waals surface area contributed by atoms with Crippen molar-refractivity contribution in [1.82, 2.24) is 0 Å². The third-order valence-electron chi connectivity index (χ3n) is 7.32. The molecular weight excluding hydrogens is 332 g/mol. The van der Waals surface area contributed by atoms with Gasteiger partial charge < -0.3 is 10.8 Å². The molecule has 1 aromatic carbocycles. The van der Waals surface area contributed by atoms with Crippen LogP contribution in [0.2, 0.25) is 0 Å².